The van der Waals surface area contributed by atoms with Crippen LogP contribution in [0.3, 0.4) is 0 Å². The highest BCUT2D eigenvalue weighted by Gasteiger charge is 2.65. The van der Waals surface area contributed by atoms with Gasteiger partial charge in [0, 0.05) is 12.2 Å². The standard InChI is InChI=1S/C22H23NO3S/c1-25-21(24)19-22(27-20(23-19)17-10-6-3-7-11-17)14-18(22)12-13-26-15-16-8-4-2-5-9-16/h2-11,18-19H,12-15H2,1H3. The third-order valence-corrected chi connectivity index (χ3v) is 6.90. The highest BCUT2D eigenvalue weighted by Crippen LogP contribution is 2.63. The van der Waals surface area contributed by atoms with Gasteiger partial charge in [0.15, 0.2) is 6.04 Å². The second kappa shape index (κ2) is 7.87. The van der Waals surface area contributed by atoms with Crippen LogP contribution in [0.5, 0.6) is 0 Å². The number of rotatable bonds is 7. The van der Waals surface area contributed by atoms with Crippen LogP contribution in [0, 0.1) is 5.92 Å². The van der Waals surface area contributed by atoms with Crippen molar-refractivity contribution in [3.05, 3.63) is 71.8 Å². The Morgan fingerprint density at radius 3 is 2.56 bits per heavy atom. The molecular formula is C22H23NO3S. The molecule has 1 aliphatic carbocycles. The van der Waals surface area contributed by atoms with E-state index in [0.717, 1.165) is 23.4 Å². The lowest BCUT2D eigenvalue weighted by atomic mass is 10.1. The molecule has 0 radical (unpaired) electrons. The van der Waals surface area contributed by atoms with Crippen LogP contribution in [0.2, 0.25) is 0 Å². The minimum Gasteiger partial charge on any atom is -0.467 e. The lowest BCUT2D eigenvalue weighted by molar-refractivity contribution is -0.142. The molecular weight excluding hydrogens is 358 g/mol. The Labute approximate surface area is 164 Å². The van der Waals surface area contributed by atoms with E-state index in [4.69, 9.17) is 14.5 Å². The van der Waals surface area contributed by atoms with Gasteiger partial charge in [-0.1, -0.05) is 72.4 Å². The first-order valence-electron chi connectivity index (χ1n) is 9.24. The zero-order valence-corrected chi connectivity index (χ0v) is 16.2. The van der Waals surface area contributed by atoms with Gasteiger partial charge in [-0.2, -0.15) is 0 Å². The van der Waals surface area contributed by atoms with E-state index in [1.807, 2.05) is 48.5 Å². The molecule has 27 heavy (non-hydrogen) atoms. The Morgan fingerprint density at radius 1 is 1.15 bits per heavy atom. The monoisotopic (exact) mass is 381 g/mol. The molecule has 4 nitrogen and oxygen atoms in total. The quantitative estimate of drug-likeness (QED) is 0.535. The van der Waals surface area contributed by atoms with Crippen molar-refractivity contribution in [3.8, 4) is 0 Å². The fraction of sp³-hybridized carbons (Fsp3) is 0.364. The van der Waals surface area contributed by atoms with E-state index in [1.165, 1.54) is 12.7 Å². The first-order valence-corrected chi connectivity index (χ1v) is 10.1. The van der Waals surface area contributed by atoms with Gasteiger partial charge in [-0.3, -0.25) is 4.99 Å². The predicted molar refractivity (Wildman–Crippen MR) is 108 cm³/mol. The number of hydrogen-bond donors (Lipinski definition) is 0. The van der Waals surface area contributed by atoms with Crippen molar-refractivity contribution in [3.63, 3.8) is 0 Å². The topological polar surface area (TPSA) is 47.9 Å². The Morgan fingerprint density at radius 2 is 1.85 bits per heavy atom. The van der Waals surface area contributed by atoms with Crippen molar-refractivity contribution >= 4 is 22.8 Å². The van der Waals surface area contributed by atoms with Crippen LogP contribution in [-0.2, 0) is 20.9 Å². The molecule has 1 spiro atoms. The number of aliphatic imine (C=N–C) groups is 1. The number of carbonyl (C=O) groups excluding carboxylic acids is 1. The molecule has 3 atom stereocenters. The van der Waals surface area contributed by atoms with Crippen LogP contribution in [0.1, 0.15) is 24.0 Å². The minimum absolute atomic E-state index is 0.158. The minimum atomic E-state index is -0.415. The first-order chi connectivity index (χ1) is 13.2. The summed E-state index contributed by atoms with van der Waals surface area (Å²) in [6, 6.07) is 19.8. The number of methoxy groups -OCH3 is 1. The van der Waals surface area contributed by atoms with Crippen molar-refractivity contribution in [2.24, 2.45) is 10.9 Å². The zero-order valence-electron chi connectivity index (χ0n) is 15.3. The van der Waals surface area contributed by atoms with E-state index >= 15 is 0 Å². The number of nitrogens with zero attached hydrogens (tertiary/aromatic N) is 1. The highest BCUT2D eigenvalue weighted by atomic mass is 32.2. The molecule has 1 heterocycles. The molecule has 1 aliphatic heterocycles. The first kappa shape index (κ1) is 18.3. The smallest absolute Gasteiger partial charge is 0.332 e. The van der Waals surface area contributed by atoms with Crippen molar-refractivity contribution in [2.45, 2.75) is 30.2 Å². The maximum absolute atomic E-state index is 12.3. The number of esters is 1. The average Bonchev–Trinajstić information content (AvgIpc) is 3.27. The van der Waals surface area contributed by atoms with Crippen molar-refractivity contribution in [2.75, 3.05) is 13.7 Å². The second-order valence-electron chi connectivity index (χ2n) is 7.01. The van der Waals surface area contributed by atoms with Crippen LogP contribution < -0.4 is 0 Å². The van der Waals surface area contributed by atoms with Crippen LogP contribution in [-0.4, -0.2) is 35.5 Å². The van der Waals surface area contributed by atoms with E-state index in [0.29, 0.717) is 19.1 Å². The summed E-state index contributed by atoms with van der Waals surface area (Å²) in [5.74, 6) is 0.188. The van der Waals surface area contributed by atoms with Crippen LogP contribution >= 0.6 is 11.8 Å². The van der Waals surface area contributed by atoms with E-state index in [2.05, 4.69) is 12.1 Å². The van der Waals surface area contributed by atoms with Gasteiger partial charge in [0.2, 0.25) is 0 Å². The highest BCUT2D eigenvalue weighted by molar-refractivity contribution is 8.16. The molecule has 1 saturated carbocycles. The third kappa shape index (κ3) is 3.80. The number of hydrogen-bond acceptors (Lipinski definition) is 5. The lowest BCUT2D eigenvalue weighted by Gasteiger charge is -2.15. The van der Waals surface area contributed by atoms with E-state index in [-0.39, 0.29) is 10.7 Å². The summed E-state index contributed by atoms with van der Waals surface area (Å²) in [7, 11) is 1.44. The largest absolute Gasteiger partial charge is 0.467 e. The van der Waals surface area contributed by atoms with Gasteiger partial charge < -0.3 is 9.47 Å². The Kier molecular flexibility index (Phi) is 5.32. The SMILES string of the molecule is COC(=O)C1N=C(c2ccccc2)SC12CC2CCOCc1ccccc1. The zero-order chi connectivity index (χ0) is 18.7. The summed E-state index contributed by atoms with van der Waals surface area (Å²) in [5, 5.41) is 0.943. The fourth-order valence-corrected chi connectivity index (χ4v) is 5.29. The van der Waals surface area contributed by atoms with E-state index in [1.54, 1.807) is 11.8 Å². The van der Waals surface area contributed by atoms with Gasteiger partial charge in [0.05, 0.1) is 23.5 Å². The Balaban J connectivity index is 1.37. The lowest BCUT2D eigenvalue weighted by Crippen LogP contribution is -2.31. The summed E-state index contributed by atoms with van der Waals surface area (Å²) in [6.07, 6.45) is 1.91. The molecule has 2 aromatic carbocycles. The van der Waals surface area contributed by atoms with E-state index in [9.17, 15) is 4.79 Å². The van der Waals surface area contributed by atoms with Gasteiger partial charge >= 0.3 is 5.97 Å². The molecule has 0 N–H and O–H groups in total. The number of carbonyl (C=O) groups is 1. The van der Waals surface area contributed by atoms with Crippen LogP contribution in [0.15, 0.2) is 65.7 Å². The van der Waals surface area contributed by atoms with Crippen molar-refractivity contribution < 1.29 is 14.3 Å². The van der Waals surface area contributed by atoms with E-state index < -0.39 is 6.04 Å². The summed E-state index contributed by atoms with van der Waals surface area (Å²) in [4.78, 5) is 17.1. The maximum Gasteiger partial charge on any atom is 0.332 e. The van der Waals surface area contributed by atoms with Gasteiger partial charge in [-0.25, -0.2) is 4.79 Å². The van der Waals surface area contributed by atoms with Gasteiger partial charge in [0.25, 0.3) is 0 Å². The average molecular weight is 381 g/mol. The van der Waals surface area contributed by atoms with Gasteiger partial charge in [0.1, 0.15) is 0 Å². The predicted octanol–water partition coefficient (Wildman–Crippen LogP) is 4.09. The number of ether oxygens (including phenoxy) is 2. The second-order valence-corrected chi connectivity index (χ2v) is 8.36. The summed E-state index contributed by atoms with van der Waals surface area (Å²) < 4.78 is 10.7. The molecule has 4 rings (SSSR count). The Bertz CT molecular complexity index is 824. The Hall–Kier alpha value is -2.11. The summed E-state index contributed by atoms with van der Waals surface area (Å²) in [5.41, 5.74) is 2.25. The van der Waals surface area contributed by atoms with Crippen molar-refractivity contribution in [1.29, 1.82) is 0 Å². The molecule has 1 fully saturated rings. The fourth-order valence-electron chi connectivity index (χ4n) is 3.69. The maximum atomic E-state index is 12.3. The normalized spacial score (nSPS) is 26.0. The molecule has 3 unspecified atom stereocenters. The molecule has 140 valence electrons. The summed E-state index contributed by atoms with van der Waals surface area (Å²) >= 11 is 1.74. The number of thioether (sulfide) groups is 1. The van der Waals surface area contributed by atoms with Crippen LogP contribution in [0.25, 0.3) is 0 Å². The molecule has 0 bridgehead atoms. The molecule has 0 amide bonds. The van der Waals surface area contributed by atoms with Crippen molar-refractivity contribution in [1.82, 2.24) is 0 Å². The molecule has 0 saturated heterocycles. The summed E-state index contributed by atoms with van der Waals surface area (Å²) in [6.45, 7) is 1.32. The number of benzene rings is 2. The molecule has 0 aromatic heterocycles. The van der Waals surface area contributed by atoms with Gasteiger partial charge in [-0.15, -0.1) is 0 Å². The molecule has 5 heteroatoms. The van der Waals surface area contributed by atoms with Crippen LogP contribution in [0.4, 0.5) is 0 Å². The molecule has 2 aromatic rings. The third-order valence-electron chi connectivity index (χ3n) is 5.26. The van der Waals surface area contributed by atoms with Gasteiger partial charge in [-0.05, 0) is 24.3 Å². The molecule has 2 aliphatic rings.